The van der Waals surface area contributed by atoms with Gasteiger partial charge >= 0.3 is 6.61 Å². The second-order valence-corrected chi connectivity index (χ2v) is 6.67. The average molecular weight is 300 g/mol. The smallest absolute Gasteiger partial charge is 0.387 e. The molecule has 1 aromatic carbocycles. The predicted octanol–water partition coefficient (Wildman–Crippen LogP) is 3.92. The SMILES string of the molecule is CC1(C)CC(C(O)c2ccc(OC(F)F)cc2)C(C)(C)O1. The highest BCUT2D eigenvalue weighted by Crippen LogP contribution is 2.47. The number of aliphatic hydroxyl groups excluding tert-OH is 1. The number of rotatable bonds is 4. The molecule has 1 aliphatic rings. The number of hydrogen-bond acceptors (Lipinski definition) is 3. The molecule has 2 atom stereocenters. The highest BCUT2D eigenvalue weighted by molar-refractivity contribution is 5.29. The second-order valence-electron chi connectivity index (χ2n) is 6.67. The van der Waals surface area contributed by atoms with Gasteiger partial charge in [-0.15, -0.1) is 0 Å². The second kappa shape index (κ2) is 5.54. The van der Waals surface area contributed by atoms with Gasteiger partial charge in [-0.05, 0) is 51.8 Å². The van der Waals surface area contributed by atoms with E-state index in [1.54, 1.807) is 12.1 Å². The van der Waals surface area contributed by atoms with Gasteiger partial charge in [-0.2, -0.15) is 8.78 Å². The zero-order chi connectivity index (χ0) is 15.8. The molecule has 0 radical (unpaired) electrons. The lowest BCUT2D eigenvalue weighted by atomic mass is 9.80. The summed E-state index contributed by atoms with van der Waals surface area (Å²) in [6.45, 7) is 5.08. The number of ether oxygens (including phenoxy) is 2. The minimum Gasteiger partial charge on any atom is -0.435 e. The normalized spacial score (nSPS) is 25.0. The lowest BCUT2D eigenvalue weighted by Crippen LogP contribution is -2.32. The Balaban J connectivity index is 2.14. The Morgan fingerprint density at radius 3 is 2.19 bits per heavy atom. The predicted molar refractivity (Wildman–Crippen MR) is 75.4 cm³/mol. The van der Waals surface area contributed by atoms with Crippen LogP contribution < -0.4 is 4.74 Å². The van der Waals surface area contributed by atoms with E-state index in [-0.39, 0.29) is 17.3 Å². The van der Waals surface area contributed by atoms with E-state index >= 15 is 0 Å². The Morgan fingerprint density at radius 1 is 1.19 bits per heavy atom. The number of aliphatic hydroxyl groups is 1. The molecule has 0 aromatic heterocycles. The van der Waals surface area contributed by atoms with Crippen molar-refractivity contribution >= 4 is 0 Å². The van der Waals surface area contributed by atoms with Crippen LogP contribution in [0.4, 0.5) is 8.78 Å². The van der Waals surface area contributed by atoms with E-state index in [2.05, 4.69) is 4.74 Å². The Bertz CT molecular complexity index is 483. The number of halogens is 2. The summed E-state index contributed by atoms with van der Waals surface area (Å²) in [6.07, 6.45) is 0.0265. The van der Waals surface area contributed by atoms with E-state index in [1.165, 1.54) is 12.1 Å². The molecule has 1 heterocycles. The highest BCUT2D eigenvalue weighted by Gasteiger charge is 2.49. The van der Waals surface area contributed by atoms with Crippen LogP contribution in [-0.2, 0) is 4.74 Å². The zero-order valence-electron chi connectivity index (χ0n) is 12.8. The Kier molecular flexibility index (Phi) is 4.26. The van der Waals surface area contributed by atoms with Crippen molar-refractivity contribution in [3.05, 3.63) is 29.8 Å². The van der Waals surface area contributed by atoms with Gasteiger partial charge in [0.1, 0.15) is 5.75 Å². The van der Waals surface area contributed by atoms with E-state index in [4.69, 9.17) is 4.74 Å². The zero-order valence-corrected chi connectivity index (χ0v) is 12.8. The molecule has 0 spiro atoms. The molecule has 2 unspecified atom stereocenters. The molecule has 0 saturated carbocycles. The molecule has 118 valence electrons. The molecule has 1 saturated heterocycles. The van der Waals surface area contributed by atoms with E-state index < -0.39 is 18.3 Å². The fourth-order valence-corrected chi connectivity index (χ4v) is 3.18. The molecule has 0 bridgehead atoms. The van der Waals surface area contributed by atoms with E-state index in [0.29, 0.717) is 5.56 Å². The monoisotopic (exact) mass is 300 g/mol. The molecule has 1 fully saturated rings. The summed E-state index contributed by atoms with van der Waals surface area (Å²) in [5, 5.41) is 10.6. The molecule has 1 aromatic rings. The van der Waals surface area contributed by atoms with Crippen LogP contribution in [0.25, 0.3) is 0 Å². The van der Waals surface area contributed by atoms with Crippen molar-refractivity contribution in [2.24, 2.45) is 5.92 Å². The molecular formula is C16H22F2O3. The molecule has 21 heavy (non-hydrogen) atoms. The number of hydrogen-bond donors (Lipinski definition) is 1. The summed E-state index contributed by atoms with van der Waals surface area (Å²) in [4.78, 5) is 0. The first-order valence-electron chi connectivity index (χ1n) is 7.04. The van der Waals surface area contributed by atoms with Crippen LogP contribution in [0.15, 0.2) is 24.3 Å². The van der Waals surface area contributed by atoms with Crippen LogP contribution in [0.2, 0.25) is 0 Å². The van der Waals surface area contributed by atoms with Crippen LogP contribution in [0.5, 0.6) is 5.75 Å². The lowest BCUT2D eigenvalue weighted by Gasteiger charge is -2.30. The third-order valence-corrected chi connectivity index (χ3v) is 3.97. The molecule has 1 N–H and O–H groups in total. The van der Waals surface area contributed by atoms with Crippen molar-refractivity contribution in [2.45, 2.75) is 58.0 Å². The third-order valence-electron chi connectivity index (χ3n) is 3.97. The Labute approximate surface area is 123 Å². The third kappa shape index (κ3) is 3.71. The van der Waals surface area contributed by atoms with Crippen molar-refractivity contribution in [3.63, 3.8) is 0 Å². The minimum absolute atomic E-state index is 0.0608. The van der Waals surface area contributed by atoms with Crippen LogP contribution in [0.3, 0.4) is 0 Å². The largest absolute Gasteiger partial charge is 0.435 e. The van der Waals surface area contributed by atoms with Gasteiger partial charge in [-0.3, -0.25) is 0 Å². The summed E-state index contributed by atoms with van der Waals surface area (Å²) in [6, 6.07) is 6.12. The first kappa shape index (κ1) is 16.2. The van der Waals surface area contributed by atoms with Crippen molar-refractivity contribution in [1.29, 1.82) is 0 Å². The summed E-state index contributed by atoms with van der Waals surface area (Å²) >= 11 is 0. The van der Waals surface area contributed by atoms with Gasteiger partial charge in [-0.1, -0.05) is 12.1 Å². The van der Waals surface area contributed by atoms with E-state index in [0.717, 1.165) is 6.42 Å². The fourth-order valence-electron chi connectivity index (χ4n) is 3.18. The quantitative estimate of drug-likeness (QED) is 0.916. The number of benzene rings is 1. The molecule has 0 aliphatic carbocycles. The highest BCUT2D eigenvalue weighted by atomic mass is 19.3. The van der Waals surface area contributed by atoms with Gasteiger partial charge in [0.25, 0.3) is 0 Å². The van der Waals surface area contributed by atoms with E-state index in [1.807, 2.05) is 27.7 Å². The molecule has 5 heteroatoms. The van der Waals surface area contributed by atoms with Gasteiger partial charge in [0.2, 0.25) is 0 Å². The molecular weight excluding hydrogens is 278 g/mol. The van der Waals surface area contributed by atoms with Crippen molar-refractivity contribution in [3.8, 4) is 5.75 Å². The van der Waals surface area contributed by atoms with Crippen LogP contribution in [0, 0.1) is 5.92 Å². The maximum absolute atomic E-state index is 12.1. The van der Waals surface area contributed by atoms with Crippen LogP contribution >= 0.6 is 0 Å². The van der Waals surface area contributed by atoms with Gasteiger partial charge in [-0.25, -0.2) is 0 Å². The van der Waals surface area contributed by atoms with Crippen molar-refractivity contribution in [1.82, 2.24) is 0 Å². The van der Waals surface area contributed by atoms with Gasteiger partial charge in [0.05, 0.1) is 17.3 Å². The molecule has 2 rings (SSSR count). The topological polar surface area (TPSA) is 38.7 Å². The molecule has 3 nitrogen and oxygen atoms in total. The summed E-state index contributed by atoms with van der Waals surface area (Å²) in [7, 11) is 0. The van der Waals surface area contributed by atoms with Crippen molar-refractivity contribution in [2.75, 3.05) is 0 Å². The van der Waals surface area contributed by atoms with Gasteiger partial charge < -0.3 is 14.6 Å². The lowest BCUT2D eigenvalue weighted by molar-refractivity contribution is -0.0880. The Morgan fingerprint density at radius 2 is 1.76 bits per heavy atom. The van der Waals surface area contributed by atoms with Gasteiger partial charge in [0, 0.05) is 5.92 Å². The summed E-state index contributed by atoms with van der Waals surface area (Å²) < 4.78 is 34.5. The molecule has 1 aliphatic heterocycles. The maximum Gasteiger partial charge on any atom is 0.387 e. The first-order valence-corrected chi connectivity index (χ1v) is 7.04. The van der Waals surface area contributed by atoms with Gasteiger partial charge in [0.15, 0.2) is 0 Å². The minimum atomic E-state index is -2.84. The molecule has 0 amide bonds. The van der Waals surface area contributed by atoms with Crippen molar-refractivity contribution < 1.29 is 23.4 Å². The summed E-state index contributed by atoms with van der Waals surface area (Å²) in [5.41, 5.74) is -0.0504. The Hall–Kier alpha value is -1.20. The average Bonchev–Trinajstić information content (AvgIpc) is 2.56. The fraction of sp³-hybridized carbons (Fsp3) is 0.625. The summed E-state index contributed by atoms with van der Waals surface area (Å²) in [5.74, 6) is 0.0255. The van der Waals surface area contributed by atoms with E-state index in [9.17, 15) is 13.9 Å². The standard InChI is InChI=1S/C16H22F2O3/c1-15(2)9-12(16(3,4)21-15)13(19)10-5-7-11(8-6-10)20-14(17)18/h5-8,12-14,19H,9H2,1-4H3. The van der Waals surface area contributed by atoms with Crippen LogP contribution in [-0.4, -0.2) is 22.9 Å². The number of alkyl halides is 2. The maximum atomic E-state index is 12.1. The van der Waals surface area contributed by atoms with Crippen LogP contribution in [0.1, 0.15) is 45.8 Å². The first-order chi connectivity index (χ1) is 9.61.